The molecule has 0 aliphatic heterocycles. The summed E-state index contributed by atoms with van der Waals surface area (Å²) in [4.78, 5) is 1.68. The molecular formula is C13H15FN4. The highest BCUT2D eigenvalue weighted by Crippen LogP contribution is 2.23. The molecule has 0 aliphatic carbocycles. The quantitative estimate of drug-likeness (QED) is 0.800. The summed E-state index contributed by atoms with van der Waals surface area (Å²) >= 11 is 0. The van der Waals surface area contributed by atoms with E-state index in [0.717, 1.165) is 5.56 Å². The fourth-order valence-electron chi connectivity index (χ4n) is 1.94. The van der Waals surface area contributed by atoms with Crippen LogP contribution in [0, 0.1) is 28.5 Å². The molecule has 18 heavy (non-hydrogen) atoms. The van der Waals surface area contributed by atoms with Crippen molar-refractivity contribution in [2.24, 2.45) is 5.73 Å². The van der Waals surface area contributed by atoms with Crippen LogP contribution in [0.15, 0.2) is 24.3 Å². The van der Waals surface area contributed by atoms with Crippen LogP contribution in [0.5, 0.6) is 0 Å². The van der Waals surface area contributed by atoms with Gasteiger partial charge in [0.25, 0.3) is 0 Å². The van der Waals surface area contributed by atoms with Crippen molar-refractivity contribution in [1.29, 1.82) is 10.5 Å². The number of hydrogen-bond donors (Lipinski definition) is 1. The fraction of sp³-hybridized carbons (Fsp3) is 0.385. The lowest BCUT2D eigenvalue weighted by Crippen LogP contribution is -2.40. The molecule has 2 N–H and O–H groups in total. The lowest BCUT2D eigenvalue weighted by molar-refractivity contribution is 0.221. The van der Waals surface area contributed by atoms with Crippen LogP contribution in [-0.4, -0.2) is 24.0 Å². The first-order chi connectivity index (χ1) is 8.60. The van der Waals surface area contributed by atoms with Crippen LogP contribution in [-0.2, 0) is 0 Å². The highest BCUT2D eigenvalue weighted by Gasteiger charge is 2.23. The van der Waals surface area contributed by atoms with Crippen molar-refractivity contribution < 1.29 is 4.39 Å². The van der Waals surface area contributed by atoms with Crippen molar-refractivity contribution in [3.8, 4) is 12.1 Å². The normalized spacial score (nSPS) is 13.7. The number of nitriles is 2. The Bertz CT molecular complexity index is 439. The third-order valence-electron chi connectivity index (χ3n) is 2.65. The maximum atomic E-state index is 12.9. The molecular weight excluding hydrogens is 231 g/mol. The molecule has 0 amide bonds. The molecule has 0 saturated carbocycles. The molecule has 0 spiro atoms. The molecule has 5 heteroatoms. The van der Waals surface area contributed by atoms with Crippen molar-refractivity contribution in [3.63, 3.8) is 0 Å². The molecule has 94 valence electrons. The second-order valence-electron chi connectivity index (χ2n) is 4.08. The van der Waals surface area contributed by atoms with E-state index in [0.29, 0.717) is 0 Å². The van der Waals surface area contributed by atoms with E-state index >= 15 is 0 Å². The number of rotatable bonds is 5. The molecule has 1 aromatic rings. The topological polar surface area (TPSA) is 76.8 Å². The van der Waals surface area contributed by atoms with Crippen LogP contribution >= 0.6 is 0 Å². The maximum Gasteiger partial charge on any atom is 0.123 e. The van der Waals surface area contributed by atoms with Gasteiger partial charge < -0.3 is 5.73 Å². The molecule has 0 saturated heterocycles. The van der Waals surface area contributed by atoms with Gasteiger partial charge in [-0.1, -0.05) is 12.1 Å². The zero-order chi connectivity index (χ0) is 13.5. The minimum absolute atomic E-state index is 0.108. The van der Waals surface area contributed by atoms with Crippen LogP contribution < -0.4 is 5.73 Å². The van der Waals surface area contributed by atoms with Gasteiger partial charge in [0.1, 0.15) is 5.82 Å². The zero-order valence-corrected chi connectivity index (χ0v) is 10.2. The molecule has 1 rings (SSSR count). The minimum Gasteiger partial charge on any atom is -0.326 e. The number of halogens is 1. The van der Waals surface area contributed by atoms with Crippen molar-refractivity contribution in [1.82, 2.24) is 4.90 Å². The monoisotopic (exact) mass is 246 g/mol. The highest BCUT2D eigenvalue weighted by atomic mass is 19.1. The Morgan fingerprint density at radius 2 is 1.72 bits per heavy atom. The molecule has 4 nitrogen and oxygen atoms in total. The van der Waals surface area contributed by atoms with Gasteiger partial charge in [-0.2, -0.15) is 10.5 Å². The van der Waals surface area contributed by atoms with E-state index in [1.54, 1.807) is 24.0 Å². The first-order valence-corrected chi connectivity index (χ1v) is 5.59. The average molecular weight is 246 g/mol. The van der Waals surface area contributed by atoms with Gasteiger partial charge in [0.2, 0.25) is 0 Å². The lowest BCUT2D eigenvalue weighted by Gasteiger charge is -2.31. The number of nitrogens with zero attached hydrogens (tertiary/aromatic N) is 3. The van der Waals surface area contributed by atoms with Gasteiger partial charge >= 0.3 is 0 Å². The largest absolute Gasteiger partial charge is 0.326 e. The van der Waals surface area contributed by atoms with Crippen molar-refractivity contribution in [2.45, 2.75) is 19.0 Å². The van der Waals surface area contributed by atoms with Crippen LogP contribution in [0.3, 0.4) is 0 Å². The second kappa shape index (κ2) is 6.70. The van der Waals surface area contributed by atoms with Gasteiger partial charge in [0, 0.05) is 6.04 Å². The predicted octanol–water partition coefficient (Wildman–Crippen LogP) is 1.56. The Hall–Kier alpha value is -1.95. The summed E-state index contributed by atoms with van der Waals surface area (Å²) in [5.74, 6) is -0.325. The molecule has 2 unspecified atom stereocenters. The molecule has 0 aliphatic rings. The number of benzene rings is 1. The summed E-state index contributed by atoms with van der Waals surface area (Å²) in [7, 11) is 0. The van der Waals surface area contributed by atoms with E-state index < -0.39 is 0 Å². The summed E-state index contributed by atoms with van der Waals surface area (Å²) in [5, 5.41) is 17.6. The fourth-order valence-corrected chi connectivity index (χ4v) is 1.94. The lowest BCUT2D eigenvalue weighted by atomic mass is 9.99. The average Bonchev–Trinajstić information content (AvgIpc) is 2.32. The van der Waals surface area contributed by atoms with Crippen molar-refractivity contribution in [2.75, 3.05) is 13.1 Å². The van der Waals surface area contributed by atoms with E-state index in [1.807, 2.05) is 12.1 Å². The third-order valence-corrected chi connectivity index (χ3v) is 2.65. The van der Waals surface area contributed by atoms with Gasteiger partial charge in [0.15, 0.2) is 0 Å². The summed E-state index contributed by atoms with van der Waals surface area (Å²) in [6, 6.07) is 9.45. The first-order valence-electron chi connectivity index (χ1n) is 5.59. The molecule has 0 heterocycles. The molecule has 1 aromatic carbocycles. The second-order valence-corrected chi connectivity index (χ2v) is 4.08. The summed E-state index contributed by atoms with van der Waals surface area (Å²) in [6.07, 6.45) is 0. The molecule has 0 radical (unpaired) electrons. The van der Waals surface area contributed by atoms with Gasteiger partial charge in [-0.3, -0.25) is 4.90 Å². The van der Waals surface area contributed by atoms with Crippen molar-refractivity contribution >= 4 is 0 Å². The van der Waals surface area contributed by atoms with E-state index in [4.69, 9.17) is 16.3 Å². The van der Waals surface area contributed by atoms with Crippen molar-refractivity contribution in [3.05, 3.63) is 35.6 Å². The predicted molar refractivity (Wildman–Crippen MR) is 65.6 cm³/mol. The summed E-state index contributed by atoms with van der Waals surface area (Å²) in [5.41, 5.74) is 6.72. The molecule has 0 aromatic heterocycles. The van der Waals surface area contributed by atoms with Crippen LogP contribution in [0.4, 0.5) is 4.39 Å². The van der Waals surface area contributed by atoms with E-state index in [1.165, 1.54) is 12.1 Å². The van der Waals surface area contributed by atoms with E-state index in [9.17, 15) is 4.39 Å². The highest BCUT2D eigenvalue weighted by molar-refractivity contribution is 5.22. The number of hydrogen-bond acceptors (Lipinski definition) is 4. The van der Waals surface area contributed by atoms with Gasteiger partial charge in [-0.05, 0) is 24.6 Å². The minimum atomic E-state index is -0.325. The zero-order valence-electron chi connectivity index (χ0n) is 10.2. The standard InChI is InChI=1S/C13H15FN4/c1-10(17)13(18(8-6-15)9-7-16)11-2-4-12(14)5-3-11/h2-5,10,13H,8-9,17H2,1H3. The Kier molecular flexibility index (Phi) is 5.26. The molecule has 2 atom stereocenters. The molecule has 0 fully saturated rings. The Morgan fingerprint density at radius 3 is 2.11 bits per heavy atom. The van der Waals surface area contributed by atoms with Crippen LogP contribution in [0.2, 0.25) is 0 Å². The number of nitrogens with two attached hydrogens (primary N) is 1. The Balaban J connectivity index is 3.04. The van der Waals surface area contributed by atoms with E-state index in [2.05, 4.69) is 0 Å². The van der Waals surface area contributed by atoms with Crippen LogP contribution in [0.1, 0.15) is 18.5 Å². The maximum absolute atomic E-state index is 12.9. The van der Waals surface area contributed by atoms with Crippen LogP contribution in [0.25, 0.3) is 0 Å². The first kappa shape index (κ1) is 14.1. The van der Waals surface area contributed by atoms with Gasteiger partial charge in [-0.15, -0.1) is 0 Å². The molecule has 0 bridgehead atoms. The van der Waals surface area contributed by atoms with Gasteiger partial charge in [-0.25, -0.2) is 4.39 Å². The summed E-state index contributed by atoms with van der Waals surface area (Å²) < 4.78 is 12.9. The third kappa shape index (κ3) is 3.53. The Labute approximate surface area is 106 Å². The van der Waals surface area contributed by atoms with E-state index in [-0.39, 0.29) is 31.0 Å². The van der Waals surface area contributed by atoms with Gasteiger partial charge in [0.05, 0.1) is 31.3 Å². The Morgan fingerprint density at radius 1 is 1.22 bits per heavy atom. The summed E-state index contributed by atoms with van der Waals surface area (Å²) in [6.45, 7) is 2.02. The SMILES string of the molecule is CC(N)C(c1ccc(F)cc1)N(CC#N)CC#N. The smallest absolute Gasteiger partial charge is 0.123 e.